The first-order valence-electron chi connectivity index (χ1n) is 5.13. The molecule has 2 rings (SSSR count). The average Bonchev–Trinajstić information content (AvgIpc) is 2.32. The third kappa shape index (κ3) is 2.97. The van der Waals surface area contributed by atoms with Crippen molar-refractivity contribution >= 4 is 29.2 Å². The Morgan fingerprint density at radius 2 is 1.89 bits per heavy atom. The van der Waals surface area contributed by atoms with Gasteiger partial charge < -0.3 is 9.84 Å². The minimum Gasteiger partial charge on any atom is -0.477 e. The first-order chi connectivity index (χ1) is 8.99. The fourth-order valence-corrected chi connectivity index (χ4v) is 1.92. The Morgan fingerprint density at radius 3 is 2.53 bits per heavy atom. The molecule has 0 aliphatic heterocycles. The molecule has 2 aromatic rings. The zero-order chi connectivity index (χ0) is 14.0. The van der Waals surface area contributed by atoms with Crippen molar-refractivity contribution in [2.45, 2.75) is 0 Å². The molecule has 6 heteroatoms. The molecule has 98 valence electrons. The van der Waals surface area contributed by atoms with E-state index in [0.29, 0.717) is 5.02 Å². The third-order valence-corrected chi connectivity index (χ3v) is 2.83. The highest BCUT2D eigenvalue weighted by Crippen LogP contribution is 2.33. The molecule has 0 aliphatic rings. The number of carbonyl (C=O) groups is 1. The fourth-order valence-electron chi connectivity index (χ4n) is 1.47. The predicted octanol–water partition coefficient (Wildman–Crippen LogP) is 4.62. The SMILES string of the molecule is O=C(O)c1c(F)cccc1Oc1ccc(Cl)cc1Cl. The molecule has 19 heavy (non-hydrogen) atoms. The molecule has 0 fully saturated rings. The first kappa shape index (κ1) is 13.6. The lowest BCUT2D eigenvalue weighted by molar-refractivity contribution is 0.0689. The van der Waals surface area contributed by atoms with Crippen molar-refractivity contribution in [1.82, 2.24) is 0 Å². The first-order valence-corrected chi connectivity index (χ1v) is 5.89. The number of carboxylic acids is 1. The maximum Gasteiger partial charge on any atom is 0.342 e. The molecule has 1 N–H and O–H groups in total. The number of ether oxygens (including phenoxy) is 1. The van der Waals surface area contributed by atoms with Gasteiger partial charge in [0.25, 0.3) is 0 Å². The van der Waals surface area contributed by atoms with Gasteiger partial charge in [-0.1, -0.05) is 29.3 Å². The molecule has 0 bridgehead atoms. The van der Waals surface area contributed by atoms with Crippen molar-refractivity contribution in [3.63, 3.8) is 0 Å². The summed E-state index contributed by atoms with van der Waals surface area (Å²) in [7, 11) is 0. The Balaban J connectivity index is 2.44. The van der Waals surface area contributed by atoms with E-state index in [1.54, 1.807) is 0 Å². The number of rotatable bonds is 3. The number of hydrogen-bond acceptors (Lipinski definition) is 2. The van der Waals surface area contributed by atoms with E-state index in [1.807, 2.05) is 0 Å². The van der Waals surface area contributed by atoms with Crippen molar-refractivity contribution in [1.29, 1.82) is 0 Å². The highest BCUT2D eigenvalue weighted by atomic mass is 35.5. The molecule has 0 unspecified atom stereocenters. The van der Waals surface area contributed by atoms with Crippen LogP contribution in [0.3, 0.4) is 0 Å². The van der Waals surface area contributed by atoms with Crippen LogP contribution < -0.4 is 4.74 Å². The van der Waals surface area contributed by atoms with Crippen molar-refractivity contribution in [2.75, 3.05) is 0 Å². The van der Waals surface area contributed by atoms with Crippen LogP contribution in [0.4, 0.5) is 4.39 Å². The second kappa shape index (κ2) is 5.47. The Labute approximate surface area is 118 Å². The van der Waals surface area contributed by atoms with Crippen LogP contribution in [0.5, 0.6) is 11.5 Å². The van der Waals surface area contributed by atoms with Gasteiger partial charge in [0.2, 0.25) is 0 Å². The summed E-state index contributed by atoms with van der Waals surface area (Å²) >= 11 is 11.6. The third-order valence-electron chi connectivity index (χ3n) is 2.30. The maximum absolute atomic E-state index is 13.5. The van der Waals surface area contributed by atoms with Crippen LogP contribution >= 0.6 is 23.2 Å². The van der Waals surface area contributed by atoms with E-state index in [4.69, 9.17) is 33.0 Å². The fraction of sp³-hybridized carbons (Fsp3) is 0. The largest absolute Gasteiger partial charge is 0.477 e. The summed E-state index contributed by atoms with van der Waals surface area (Å²) in [5.41, 5.74) is -0.548. The van der Waals surface area contributed by atoms with Crippen LogP contribution in [0.1, 0.15) is 10.4 Å². The molecular formula is C13H7Cl2FO3. The summed E-state index contributed by atoms with van der Waals surface area (Å²) in [6, 6.07) is 8.18. The average molecular weight is 301 g/mol. The maximum atomic E-state index is 13.5. The zero-order valence-corrected chi connectivity index (χ0v) is 10.9. The Morgan fingerprint density at radius 1 is 1.16 bits per heavy atom. The van der Waals surface area contributed by atoms with Crippen LogP contribution in [0.25, 0.3) is 0 Å². The van der Waals surface area contributed by atoms with E-state index in [-0.39, 0.29) is 16.5 Å². The predicted molar refractivity (Wildman–Crippen MR) is 69.9 cm³/mol. The number of carboxylic acid groups (broad SMARTS) is 1. The molecule has 0 aliphatic carbocycles. The second-order valence-corrected chi connectivity index (χ2v) is 4.44. The Kier molecular flexibility index (Phi) is 3.93. The van der Waals surface area contributed by atoms with Crippen LogP contribution in [-0.4, -0.2) is 11.1 Å². The summed E-state index contributed by atoms with van der Waals surface area (Å²) in [6.07, 6.45) is 0. The van der Waals surface area contributed by atoms with Gasteiger partial charge in [0, 0.05) is 5.02 Å². The number of hydrogen-bond donors (Lipinski definition) is 1. The van der Waals surface area contributed by atoms with Gasteiger partial charge in [0.05, 0.1) is 5.02 Å². The van der Waals surface area contributed by atoms with Gasteiger partial charge in [0.15, 0.2) is 0 Å². The number of halogens is 3. The van der Waals surface area contributed by atoms with Crippen molar-refractivity contribution in [3.05, 3.63) is 57.8 Å². The molecule has 0 saturated carbocycles. The van der Waals surface area contributed by atoms with Crippen LogP contribution in [0.15, 0.2) is 36.4 Å². The van der Waals surface area contributed by atoms with E-state index < -0.39 is 17.3 Å². The molecule has 0 amide bonds. The van der Waals surface area contributed by atoms with Gasteiger partial charge in [-0.3, -0.25) is 0 Å². The lowest BCUT2D eigenvalue weighted by Crippen LogP contribution is -2.03. The highest BCUT2D eigenvalue weighted by Gasteiger charge is 2.18. The summed E-state index contributed by atoms with van der Waals surface area (Å²) in [4.78, 5) is 11.0. The lowest BCUT2D eigenvalue weighted by atomic mass is 10.2. The van der Waals surface area contributed by atoms with Gasteiger partial charge >= 0.3 is 5.97 Å². The van der Waals surface area contributed by atoms with Gasteiger partial charge in [-0.15, -0.1) is 0 Å². The van der Waals surface area contributed by atoms with Gasteiger partial charge in [0.1, 0.15) is 22.9 Å². The Bertz CT molecular complexity index is 644. The van der Waals surface area contributed by atoms with Crippen molar-refractivity contribution < 1.29 is 19.0 Å². The molecule has 0 radical (unpaired) electrons. The summed E-state index contributed by atoms with van der Waals surface area (Å²) in [5, 5.41) is 9.58. The van der Waals surface area contributed by atoms with Gasteiger partial charge in [-0.05, 0) is 30.3 Å². The molecule has 3 nitrogen and oxygen atoms in total. The van der Waals surface area contributed by atoms with Crippen molar-refractivity contribution in [2.24, 2.45) is 0 Å². The number of benzene rings is 2. The lowest BCUT2D eigenvalue weighted by Gasteiger charge is -2.10. The quantitative estimate of drug-likeness (QED) is 0.899. The smallest absolute Gasteiger partial charge is 0.342 e. The normalized spacial score (nSPS) is 10.3. The van der Waals surface area contributed by atoms with Gasteiger partial charge in [-0.2, -0.15) is 0 Å². The van der Waals surface area contributed by atoms with Crippen LogP contribution in [0, 0.1) is 5.82 Å². The summed E-state index contributed by atoms with van der Waals surface area (Å²) < 4.78 is 18.8. The topological polar surface area (TPSA) is 46.5 Å². The molecule has 0 saturated heterocycles. The standard InChI is InChI=1S/C13H7Cl2FO3/c14-7-4-5-10(8(15)6-7)19-11-3-1-2-9(16)12(11)13(17)18/h1-6H,(H,17,18). The molecule has 0 aromatic heterocycles. The Hall–Kier alpha value is -1.78. The summed E-state index contributed by atoms with van der Waals surface area (Å²) in [6.45, 7) is 0. The number of aromatic carboxylic acids is 1. The highest BCUT2D eigenvalue weighted by molar-refractivity contribution is 6.35. The van der Waals surface area contributed by atoms with Crippen molar-refractivity contribution in [3.8, 4) is 11.5 Å². The van der Waals surface area contributed by atoms with E-state index in [0.717, 1.165) is 6.07 Å². The van der Waals surface area contributed by atoms with E-state index in [1.165, 1.54) is 30.3 Å². The van der Waals surface area contributed by atoms with Gasteiger partial charge in [-0.25, -0.2) is 9.18 Å². The van der Waals surface area contributed by atoms with E-state index in [2.05, 4.69) is 0 Å². The molecule has 2 aromatic carbocycles. The minimum absolute atomic E-state index is 0.128. The second-order valence-electron chi connectivity index (χ2n) is 3.59. The zero-order valence-electron chi connectivity index (χ0n) is 9.36. The van der Waals surface area contributed by atoms with Crippen LogP contribution in [-0.2, 0) is 0 Å². The van der Waals surface area contributed by atoms with E-state index >= 15 is 0 Å². The summed E-state index contributed by atoms with van der Waals surface area (Å²) in [5.74, 6) is -2.23. The molecule has 0 atom stereocenters. The monoisotopic (exact) mass is 300 g/mol. The van der Waals surface area contributed by atoms with E-state index in [9.17, 15) is 9.18 Å². The molecular weight excluding hydrogens is 294 g/mol. The minimum atomic E-state index is -1.42. The molecule has 0 spiro atoms. The van der Waals surface area contributed by atoms with Crippen LogP contribution in [0.2, 0.25) is 10.0 Å². The molecule has 0 heterocycles.